The van der Waals surface area contributed by atoms with Gasteiger partial charge >= 0.3 is 5.97 Å². The average Bonchev–Trinajstić information content (AvgIpc) is 3.13. The van der Waals surface area contributed by atoms with Crippen LogP contribution in [0.5, 0.6) is 0 Å². The molecule has 0 saturated heterocycles. The van der Waals surface area contributed by atoms with Gasteiger partial charge in [0.15, 0.2) is 5.16 Å². The van der Waals surface area contributed by atoms with Crippen LogP contribution in [-0.2, 0) is 17.8 Å². The van der Waals surface area contributed by atoms with E-state index >= 15 is 0 Å². The molecule has 0 radical (unpaired) electrons. The van der Waals surface area contributed by atoms with Gasteiger partial charge in [-0.15, -0.1) is 10.2 Å². The Morgan fingerprint density at radius 2 is 2.17 bits per heavy atom. The first-order valence-electron chi connectivity index (χ1n) is 6.57. The van der Waals surface area contributed by atoms with Gasteiger partial charge in [-0.05, 0) is 31.6 Å². The van der Waals surface area contributed by atoms with Crippen molar-refractivity contribution in [2.45, 2.75) is 55.5 Å². The summed E-state index contributed by atoms with van der Waals surface area (Å²) in [7, 11) is 0. The second-order valence-electron chi connectivity index (χ2n) is 5.08. The third-order valence-corrected chi connectivity index (χ3v) is 4.95. The Bertz CT molecular complexity index is 456. The van der Waals surface area contributed by atoms with Crippen LogP contribution in [0.3, 0.4) is 0 Å². The molecule has 1 aromatic heterocycles. The van der Waals surface area contributed by atoms with Crippen molar-refractivity contribution in [3.8, 4) is 0 Å². The molecule has 98 valence electrons. The fraction of sp³-hybridized carbons (Fsp3) is 0.750. The lowest BCUT2D eigenvalue weighted by Crippen LogP contribution is -2.19. The highest BCUT2D eigenvalue weighted by molar-refractivity contribution is 8.00. The molecular weight excluding hydrogens is 250 g/mol. The van der Waals surface area contributed by atoms with Crippen LogP contribution in [0.25, 0.3) is 0 Å². The molecule has 1 aliphatic heterocycles. The van der Waals surface area contributed by atoms with Gasteiger partial charge in [0.1, 0.15) is 11.1 Å². The Morgan fingerprint density at radius 1 is 1.33 bits per heavy atom. The first-order chi connectivity index (χ1) is 8.75. The van der Waals surface area contributed by atoms with Gasteiger partial charge in [-0.1, -0.05) is 18.2 Å². The molecule has 2 heterocycles. The van der Waals surface area contributed by atoms with Crippen LogP contribution in [0.2, 0.25) is 0 Å². The smallest absolute Gasteiger partial charge is 0.317 e. The van der Waals surface area contributed by atoms with Gasteiger partial charge in [0.05, 0.1) is 0 Å². The summed E-state index contributed by atoms with van der Waals surface area (Å²) in [5.41, 5.74) is 0. The standard InChI is InChI=1S/C12H17N3O2S/c16-11(17)10(8-5-6-8)18-12-14-13-9-4-2-1-3-7-15(9)12/h8,10H,1-7H2,(H,16,17). The van der Waals surface area contributed by atoms with Gasteiger partial charge < -0.3 is 9.67 Å². The fourth-order valence-corrected chi connectivity index (χ4v) is 3.61. The molecule has 0 aromatic carbocycles. The Kier molecular flexibility index (Phi) is 3.28. The number of carbonyl (C=O) groups is 1. The van der Waals surface area contributed by atoms with Crippen LogP contribution in [0.1, 0.15) is 37.9 Å². The van der Waals surface area contributed by atoms with Crippen molar-refractivity contribution in [2.24, 2.45) is 5.92 Å². The second-order valence-corrected chi connectivity index (χ2v) is 6.18. The Hall–Kier alpha value is -1.04. The number of hydrogen-bond donors (Lipinski definition) is 1. The van der Waals surface area contributed by atoms with Crippen LogP contribution in [0.15, 0.2) is 5.16 Å². The predicted molar refractivity (Wildman–Crippen MR) is 67.6 cm³/mol. The summed E-state index contributed by atoms with van der Waals surface area (Å²) in [6, 6.07) is 0. The van der Waals surface area contributed by atoms with Crippen LogP contribution in [-0.4, -0.2) is 31.1 Å². The van der Waals surface area contributed by atoms with E-state index in [0.717, 1.165) is 49.6 Å². The molecule has 5 nitrogen and oxygen atoms in total. The van der Waals surface area contributed by atoms with Crippen LogP contribution < -0.4 is 0 Å². The molecule has 3 rings (SSSR count). The van der Waals surface area contributed by atoms with Crippen LogP contribution >= 0.6 is 11.8 Å². The molecule has 2 aliphatic rings. The van der Waals surface area contributed by atoms with Gasteiger partial charge in [0.2, 0.25) is 0 Å². The zero-order chi connectivity index (χ0) is 12.5. The molecule has 1 N–H and O–H groups in total. The topological polar surface area (TPSA) is 68.0 Å². The number of nitrogens with zero attached hydrogens (tertiary/aromatic N) is 3. The average molecular weight is 267 g/mol. The predicted octanol–water partition coefficient (Wildman–Crippen LogP) is 1.96. The summed E-state index contributed by atoms with van der Waals surface area (Å²) in [5, 5.41) is 18.1. The van der Waals surface area contributed by atoms with Crippen molar-refractivity contribution < 1.29 is 9.90 Å². The lowest BCUT2D eigenvalue weighted by atomic mass is 10.2. The normalized spacial score (nSPS) is 21.1. The van der Waals surface area contributed by atoms with E-state index in [0.29, 0.717) is 5.92 Å². The van der Waals surface area contributed by atoms with Crippen molar-refractivity contribution in [3.05, 3.63) is 5.82 Å². The molecule has 0 bridgehead atoms. The molecule has 1 unspecified atom stereocenters. The molecule has 0 spiro atoms. The van der Waals surface area contributed by atoms with Crippen molar-refractivity contribution in [3.63, 3.8) is 0 Å². The summed E-state index contributed by atoms with van der Waals surface area (Å²) >= 11 is 1.39. The zero-order valence-electron chi connectivity index (χ0n) is 10.2. The number of hydrogen-bond acceptors (Lipinski definition) is 4. The van der Waals surface area contributed by atoms with Crippen molar-refractivity contribution >= 4 is 17.7 Å². The molecular formula is C12H17N3O2S. The number of aliphatic carboxylic acids is 1. The molecule has 0 amide bonds. The van der Waals surface area contributed by atoms with Gasteiger partial charge in [-0.3, -0.25) is 4.79 Å². The third-order valence-electron chi connectivity index (χ3n) is 3.60. The van der Waals surface area contributed by atoms with E-state index in [1.807, 2.05) is 0 Å². The summed E-state index contributed by atoms with van der Waals surface area (Å²) in [4.78, 5) is 11.3. The highest BCUT2D eigenvalue weighted by Crippen LogP contribution is 2.41. The molecule has 18 heavy (non-hydrogen) atoms. The SMILES string of the molecule is O=C(O)C(Sc1nnc2n1CCCCC2)C1CC1. The minimum absolute atomic E-state index is 0.325. The van der Waals surface area contributed by atoms with Gasteiger partial charge in [-0.25, -0.2) is 0 Å². The first kappa shape index (κ1) is 12.0. The summed E-state index contributed by atoms with van der Waals surface area (Å²) in [6.45, 7) is 0.932. The Balaban J connectivity index is 1.79. The van der Waals surface area contributed by atoms with E-state index in [-0.39, 0.29) is 5.25 Å². The highest BCUT2D eigenvalue weighted by Gasteiger charge is 2.38. The Morgan fingerprint density at radius 3 is 2.89 bits per heavy atom. The van der Waals surface area contributed by atoms with Gasteiger partial charge in [0, 0.05) is 13.0 Å². The largest absolute Gasteiger partial charge is 0.480 e. The molecule has 1 fully saturated rings. The van der Waals surface area contributed by atoms with E-state index < -0.39 is 5.97 Å². The van der Waals surface area contributed by atoms with Crippen molar-refractivity contribution in [1.82, 2.24) is 14.8 Å². The quantitative estimate of drug-likeness (QED) is 0.845. The summed E-state index contributed by atoms with van der Waals surface area (Å²) in [5.74, 6) is 0.634. The van der Waals surface area contributed by atoms with E-state index in [9.17, 15) is 9.90 Å². The number of aromatic nitrogens is 3. The zero-order valence-corrected chi connectivity index (χ0v) is 11.0. The molecule has 6 heteroatoms. The van der Waals surface area contributed by atoms with E-state index in [1.54, 1.807) is 0 Å². The second kappa shape index (κ2) is 4.91. The first-order valence-corrected chi connectivity index (χ1v) is 7.45. The van der Waals surface area contributed by atoms with Crippen LogP contribution in [0.4, 0.5) is 0 Å². The molecule has 1 aromatic rings. The maximum Gasteiger partial charge on any atom is 0.317 e. The van der Waals surface area contributed by atoms with Gasteiger partial charge in [-0.2, -0.15) is 0 Å². The maximum atomic E-state index is 11.3. The number of carboxylic acid groups (broad SMARTS) is 1. The van der Waals surface area contributed by atoms with Gasteiger partial charge in [0.25, 0.3) is 0 Å². The lowest BCUT2D eigenvalue weighted by molar-refractivity contribution is -0.136. The Labute approximate surface area is 110 Å². The van der Waals surface area contributed by atoms with E-state index in [4.69, 9.17) is 0 Å². The number of rotatable bonds is 4. The monoisotopic (exact) mass is 267 g/mol. The molecule has 1 aliphatic carbocycles. The van der Waals surface area contributed by atoms with Crippen LogP contribution in [0, 0.1) is 5.92 Å². The minimum atomic E-state index is -0.714. The highest BCUT2D eigenvalue weighted by atomic mass is 32.2. The number of thioether (sulfide) groups is 1. The van der Waals surface area contributed by atoms with E-state index in [1.165, 1.54) is 18.2 Å². The third kappa shape index (κ3) is 2.39. The van der Waals surface area contributed by atoms with E-state index in [2.05, 4.69) is 14.8 Å². The molecule has 1 saturated carbocycles. The maximum absolute atomic E-state index is 11.3. The molecule has 1 atom stereocenters. The number of carboxylic acids is 1. The number of fused-ring (bicyclic) bond motifs is 1. The lowest BCUT2D eigenvalue weighted by Gasteiger charge is -2.11. The fourth-order valence-electron chi connectivity index (χ4n) is 2.41. The summed E-state index contributed by atoms with van der Waals surface area (Å²) in [6.07, 6.45) is 6.55. The van der Waals surface area contributed by atoms with Crippen molar-refractivity contribution in [2.75, 3.05) is 0 Å². The number of aryl methyl sites for hydroxylation is 1. The van der Waals surface area contributed by atoms with Crippen molar-refractivity contribution in [1.29, 1.82) is 0 Å². The summed E-state index contributed by atoms with van der Waals surface area (Å²) < 4.78 is 2.12. The minimum Gasteiger partial charge on any atom is -0.480 e.